The van der Waals surface area contributed by atoms with Crippen molar-refractivity contribution in [2.24, 2.45) is 0 Å². The average molecular weight is 140 g/mol. The molecule has 10 heavy (non-hydrogen) atoms. The van der Waals surface area contributed by atoms with Gasteiger partial charge in [-0.25, -0.2) is 0 Å². The fraction of sp³-hybridized carbons (Fsp3) is 1.00. The summed E-state index contributed by atoms with van der Waals surface area (Å²) in [4.78, 5) is 2.51. The molecule has 58 valence electrons. The van der Waals surface area contributed by atoms with Gasteiger partial charge in [-0.15, -0.1) is 0 Å². The molecular formula is C8H16N2. The van der Waals surface area contributed by atoms with Crippen LogP contribution in [-0.4, -0.2) is 37.1 Å². The van der Waals surface area contributed by atoms with Crippen LogP contribution in [-0.2, 0) is 0 Å². The summed E-state index contributed by atoms with van der Waals surface area (Å²) in [5.74, 6) is 0. The number of rotatable bonds is 0. The van der Waals surface area contributed by atoms with Gasteiger partial charge in [0.2, 0.25) is 0 Å². The van der Waals surface area contributed by atoms with Crippen molar-refractivity contribution in [3.05, 3.63) is 0 Å². The van der Waals surface area contributed by atoms with Gasteiger partial charge in [-0.05, 0) is 39.4 Å². The maximum atomic E-state index is 3.55. The van der Waals surface area contributed by atoms with Crippen LogP contribution >= 0.6 is 0 Å². The van der Waals surface area contributed by atoms with E-state index in [1.54, 1.807) is 0 Å². The van der Waals surface area contributed by atoms with E-state index >= 15 is 0 Å². The molecule has 2 rings (SSSR count). The molecule has 2 nitrogen and oxygen atoms in total. The van der Waals surface area contributed by atoms with E-state index < -0.39 is 0 Å². The van der Waals surface area contributed by atoms with Crippen molar-refractivity contribution in [2.75, 3.05) is 20.1 Å². The third-order valence-corrected chi connectivity index (χ3v) is 2.90. The van der Waals surface area contributed by atoms with E-state index in [-0.39, 0.29) is 0 Å². The van der Waals surface area contributed by atoms with Crippen molar-refractivity contribution in [1.82, 2.24) is 10.2 Å². The summed E-state index contributed by atoms with van der Waals surface area (Å²) in [5, 5.41) is 3.55. The quantitative estimate of drug-likeness (QED) is 0.525. The average Bonchev–Trinajstić information content (AvgIpc) is 2.36. The molecule has 0 aromatic heterocycles. The van der Waals surface area contributed by atoms with Crippen LogP contribution in [0.5, 0.6) is 0 Å². The highest BCUT2D eigenvalue weighted by atomic mass is 15.2. The van der Waals surface area contributed by atoms with E-state index in [9.17, 15) is 0 Å². The van der Waals surface area contributed by atoms with Gasteiger partial charge in [0, 0.05) is 12.1 Å². The normalized spacial score (nSPS) is 41.7. The Hall–Kier alpha value is -0.0800. The summed E-state index contributed by atoms with van der Waals surface area (Å²) >= 11 is 0. The third kappa shape index (κ3) is 0.956. The van der Waals surface area contributed by atoms with Crippen LogP contribution in [0.1, 0.15) is 19.3 Å². The first-order valence-corrected chi connectivity index (χ1v) is 4.31. The number of likely N-dealkylation sites (N-methyl/N-ethyl adjacent to an activating group) is 1. The van der Waals surface area contributed by atoms with Gasteiger partial charge in [-0.2, -0.15) is 0 Å². The van der Waals surface area contributed by atoms with Gasteiger partial charge in [0.1, 0.15) is 0 Å². The van der Waals surface area contributed by atoms with Crippen LogP contribution in [0.25, 0.3) is 0 Å². The van der Waals surface area contributed by atoms with Crippen molar-refractivity contribution in [2.45, 2.75) is 31.3 Å². The summed E-state index contributed by atoms with van der Waals surface area (Å²) in [6, 6.07) is 1.67. The molecular weight excluding hydrogens is 124 g/mol. The second kappa shape index (κ2) is 2.51. The maximum absolute atomic E-state index is 3.55. The van der Waals surface area contributed by atoms with Gasteiger partial charge in [0.15, 0.2) is 0 Å². The summed E-state index contributed by atoms with van der Waals surface area (Å²) in [5.41, 5.74) is 0. The zero-order chi connectivity index (χ0) is 6.97. The molecule has 0 amide bonds. The lowest BCUT2D eigenvalue weighted by Gasteiger charge is -2.34. The van der Waals surface area contributed by atoms with E-state index in [0.717, 1.165) is 12.1 Å². The molecule has 0 saturated carbocycles. The van der Waals surface area contributed by atoms with Crippen LogP contribution < -0.4 is 5.32 Å². The largest absolute Gasteiger partial charge is 0.312 e. The molecule has 0 aromatic rings. The minimum atomic E-state index is 0.818. The molecule has 0 radical (unpaired) electrons. The first-order chi connectivity index (χ1) is 4.88. The summed E-state index contributed by atoms with van der Waals surface area (Å²) in [6.07, 6.45) is 4.14. The Morgan fingerprint density at radius 1 is 1.40 bits per heavy atom. The Kier molecular flexibility index (Phi) is 1.66. The lowest BCUT2D eigenvalue weighted by Crippen LogP contribution is -2.46. The minimum Gasteiger partial charge on any atom is -0.312 e. The predicted octanol–water partition coefficient (Wildman–Crippen LogP) is 0.442. The van der Waals surface area contributed by atoms with E-state index in [2.05, 4.69) is 17.3 Å². The molecule has 0 bridgehead atoms. The number of likely N-dealkylation sites (tertiary alicyclic amines) is 1. The fourth-order valence-corrected chi connectivity index (χ4v) is 2.30. The Bertz CT molecular complexity index is 124. The highest BCUT2D eigenvalue weighted by Crippen LogP contribution is 2.22. The Morgan fingerprint density at radius 2 is 2.30 bits per heavy atom. The Balaban J connectivity index is 2.03. The zero-order valence-corrected chi connectivity index (χ0v) is 6.64. The van der Waals surface area contributed by atoms with Crippen molar-refractivity contribution in [3.63, 3.8) is 0 Å². The van der Waals surface area contributed by atoms with Crippen LogP contribution in [0.4, 0.5) is 0 Å². The molecule has 2 heterocycles. The number of fused-ring (bicyclic) bond motifs is 1. The highest BCUT2D eigenvalue weighted by Gasteiger charge is 2.32. The number of piperidine rings is 1. The van der Waals surface area contributed by atoms with Gasteiger partial charge in [0.25, 0.3) is 0 Å². The molecule has 2 heteroatoms. The van der Waals surface area contributed by atoms with E-state index in [1.165, 1.54) is 32.4 Å². The fourth-order valence-electron chi connectivity index (χ4n) is 2.30. The van der Waals surface area contributed by atoms with E-state index in [0.29, 0.717) is 0 Å². The maximum Gasteiger partial charge on any atom is 0.0258 e. The Morgan fingerprint density at radius 3 is 3.10 bits per heavy atom. The second-order valence-corrected chi connectivity index (χ2v) is 3.54. The number of nitrogens with zero attached hydrogens (tertiary/aromatic N) is 1. The monoisotopic (exact) mass is 140 g/mol. The first-order valence-electron chi connectivity index (χ1n) is 4.31. The molecule has 2 atom stereocenters. The molecule has 0 unspecified atom stereocenters. The van der Waals surface area contributed by atoms with Crippen LogP contribution in [0.3, 0.4) is 0 Å². The molecule has 0 aliphatic carbocycles. The minimum absolute atomic E-state index is 0.818. The SMILES string of the molecule is CN1CCC[C@H]2NCC[C@H]21. The molecule has 0 aromatic carbocycles. The second-order valence-electron chi connectivity index (χ2n) is 3.54. The van der Waals surface area contributed by atoms with Crippen LogP contribution in [0.2, 0.25) is 0 Å². The molecule has 0 spiro atoms. The topological polar surface area (TPSA) is 15.3 Å². The Labute approximate surface area is 62.6 Å². The van der Waals surface area contributed by atoms with Gasteiger partial charge in [-0.1, -0.05) is 0 Å². The van der Waals surface area contributed by atoms with Crippen molar-refractivity contribution < 1.29 is 0 Å². The third-order valence-electron chi connectivity index (χ3n) is 2.90. The lowest BCUT2D eigenvalue weighted by molar-refractivity contribution is 0.173. The van der Waals surface area contributed by atoms with E-state index in [1.807, 2.05) is 0 Å². The number of hydrogen-bond donors (Lipinski definition) is 1. The first kappa shape index (κ1) is 6.62. The smallest absolute Gasteiger partial charge is 0.0258 e. The molecule has 2 fully saturated rings. The molecule has 1 N–H and O–H groups in total. The molecule has 2 aliphatic rings. The van der Waals surface area contributed by atoms with Gasteiger partial charge >= 0.3 is 0 Å². The standard InChI is InChI=1S/C8H16N2/c1-10-6-2-3-7-8(10)4-5-9-7/h7-9H,2-6H2,1H3/t7-,8-/m1/s1. The van der Waals surface area contributed by atoms with Crippen LogP contribution in [0, 0.1) is 0 Å². The van der Waals surface area contributed by atoms with Crippen LogP contribution in [0.15, 0.2) is 0 Å². The van der Waals surface area contributed by atoms with Gasteiger partial charge in [-0.3, -0.25) is 0 Å². The summed E-state index contributed by atoms with van der Waals surface area (Å²) < 4.78 is 0. The summed E-state index contributed by atoms with van der Waals surface area (Å²) in [7, 11) is 2.25. The zero-order valence-electron chi connectivity index (χ0n) is 6.64. The highest BCUT2D eigenvalue weighted by molar-refractivity contribution is 4.92. The van der Waals surface area contributed by atoms with Crippen molar-refractivity contribution in [3.8, 4) is 0 Å². The lowest BCUT2D eigenvalue weighted by atomic mass is 9.98. The van der Waals surface area contributed by atoms with Gasteiger partial charge in [0.05, 0.1) is 0 Å². The number of hydrogen-bond acceptors (Lipinski definition) is 2. The van der Waals surface area contributed by atoms with Crippen molar-refractivity contribution in [1.29, 1.82) is 0 Å². The van der Waals surface area contributed by atoms with Crippen molar-refractivity contribution >= 4 is 0 Å². The predicted molar refractivity (Wildman–Crippen MR) is 42.1 cm³/mol. The number of nitrogens with one attached hydrogen (secondary N) is 1. The molecule has 2 aliphatic heterocycles. The van der Waals surface area contributed by atoms with E-state index in [4.69, 9.17) is 0 Å². The molecule has 2 saturated heterocycles. The van der Waals surface area contributed by atoms with Gasteiger partial charge < -0.3 is 10.2 Å². The summed E-state index contributed by atoms with van der Waals surface area (Å²) in [6.45, 7) is 2.54.